The van der Waals surface area contributed by atoms with Crippen LogP contribution in [-0.4, -0.2) is 149 Å². The average Bonchev–Trinajstić information content (AvgIpc) is 3.40. The predicted octanol–water partition coefficient (Wildman–Crippen LogP) is 7.58. The number of carbonyl (C=O) groups excluding carboxylic acids is 7. The second kappa shape index (κ2) is 30.1. The van der Waals surface area contributed by atoms with Gasteiger partial charge in [-0.15, -0.1) is 0 Å². The van der Waals surface area contributed by atoms with E-state index in [4.69, 9.17) is 23.8 Å². The minimum atomic E-state index is -1.52. The highest BCUT2D eigenvalue weighted by molar-refractivity contribution is 5.95. The molecule has 0 spiro atoms. The van der Waals surface area contributed by atoms with Gasteiger partial charge in [-0.05, 0) is 80.4 Å². The van der Waals surface area contributed by atoms with Crippen LogP contribution in [0.15, 0.2) is 90.1 Å². The molecule has 1 saturated heterocycles. The van der Waals surface area contributed by atoms with Gasteiger partial charge in [-0.25, -0.2) is 19.2 Å². The number of amidine groups is 1. The van der Waals surface area contributed by atoms with E-state index in [1.54, 1.807) is 66.7 Å². The Morgan fingerprint density at radius 2 is 0.835 bits per heavy atom. The summed E-state index contributed by atoms with van der Waals surface area (Å²) >= 11 is 0. The van der Waals surface area contributed by atoms with Gasteiger partial charge in [0.05, 0.1) is 10.5 Å². The summed E-state index contributed by atoms with van der Waals surface area (Å²) in [5, 5.41) is 16.4. The zero-order chi connectivity index (χ0) is 58.8. The lowest BCUT2D eigenvalue weighted by molar-refractivity contribution is -0.386. The van der Waals surface area contributed by atoms with E-state index in [0.717, 1.165) is 9.80 Å². The quantitative estimate of drug-likeness (QED) is 0.0582. The Morgan fingerprint density at radius 1 is 0.494 bits per heavy atom. The zero-order valence-electron chi connectivity index (χ0n) is 48.4. The van der Waals surface area contributed by atoms with Crippen LogP contribution in [0.1, 0.15) is 112 Å². The maximum Gasteiger partial charge on any atom is 0.329 e. The van der Waals surface area contributed by atoms with Crippen molar-refractivity contribution in [3.63, 3.8) is 0 Å². The fourth-order valence-corrected chi connectivity index (χ4v) is 9.26. The highest BCUT2D eigenvalue weighted by Crippen LogP contribution is 2.25. The van der Waals surface area contributed by atoms with Crippen LogP contribution in [0.4, 0.5) is 5.69 Å². The van der Waals surface area contributed by atoms with Crippen molar-refractivity contribution in [3.8, 4) is 0 Å². The van der Waals surface area contributed by atoms with E-state index in [-0.39, 0.29) is 79.3 Å². The molecule has 0 radical (unpaired) electrons. The van der Waals surface area contributed by atoms with Gasteiger partial charge in [0.2, 0.25) is 0 Å². The number of benzene rings is 3. The summed E-state index contributed by atoms with van der Waals surface area (Å²) in [6.07, 6.45) is -5.77. The Bertz CT molecular complexity index is 2570. The van der Waals surface area contributed by atoms with Crippen LogP contribution >= 0.6 is 0 Å². The first kappa shape index (κ1) is 64.1. The molecule has 1 unspecified atom stereocenters. The summed E-state index contributed by atoms with van der Waals surface area (Å²) in [6, 6.07) is 18.4. The first-order valence-corrected chi connectivity index (χ1v) is 27.1. The van der Waals surface area contributed by atoms with Crippen LogP contribution in [0.5, 0.6) is 0 Å². The Morgan fingerprint density at radius 3 is 1.23 bits per heavy atom. The van der Waals surface area contributed by atoms with Gasteiger partial charge in [0.15, 0.2) is 30.3 Å². The molecule has 1 fully saturated rings. The van der Waals surface area contributed by atoms with Crippen LogP contribution in [0.2, 0.25) is 0 Å². The molecule has 79 heavy (non-hydrogen) atoms. The molecule has 1 aliphatic rings. The molecule has 0 bridgehead atoms. The third-order valence-corrected chi connectivity index (χ3v) is 13.6. The van der Waals surface area contributed by atoms with E-state index in [1.165, 1.54) is 70.0 Å². The van der Waals surface area contributed by atoms with Crippen molar-refractivity contribution in [1.82, 2.24) is 19.6 Å². The maximum atomic E-state index is 15.0. The molecule has 8 atom stereocenters. The van der Waals surface area contributed by atoms with E-state index in [2.05, 4.69) is 5.16 Å². The number of nitrogens with zero attached hydrogens (tertiary/aromatic N) is 6. The van der Waals surface area contributed by atoms with E-state index >= 15 is 0 Å². The molecule has 3 amide bonds. The summed E-state index contributed by atoms with van der Waals surface area (Å²) in [4.78, 5) is 125. The molecule has 3 aromatic carbocycles. The number of nitro groups is 1. The minimum absolute atomic E-state index is 0.0751. The number of hydrogen-bond donors (Lipinski definition) is 0. The first-order valence-electron chi connectivity index (χ1n) is 27.1. The van der Waals surface area contributed by atoms with Crippen molar-refractivity contribution in [2.45, 2.75) is 163 Å². The standard InChI is InChI=1S/C59H82N6O14/c1-36(2)29-46-58(71)78-50(33-42-23-17-15-18-24-42)54(67)64(14)48(31-38(5)6)57(70)77-41(10)53(66)62(12)49(32-39(7)8)59(72)79-51(34-43-25-19-16-20-26-43)55(68)63(13)47(30-37(3)4)56(69)76-40(9)52(61(46)11)60-75-35-44-27-21-22-28-45(44)65(73)74/h15-28,36-41,46-51H,29-35H2,1-14H3/b60-52+/t40-,41-,46+,47+,48?,49+,50-,51-/m1/s1. The van der Waals surface area contributed by atoms with Gasteiger partial charge in [-0.2, -0.15) is 0 Å². The van der Waals surface area contributed by atoms with Crippen molar-refractivity contribution in [2.75, 3.05) is 28.2 Å². The number of para-hydroxylation sites is 1. The predicted molar refractivity (Wildman–Crippen MR) is 296 cm³/mol. The Hall–Kier alpha value is -7.38. The molecular formula is C59H82N6O14. The van der Waals surface area contributed by atoms with Crippen molar-refractivity contribution in [1.29, 1.82) is 0 Å². The number of likely N-dealkylation sites (N-methyl/N-ethyl adjacent to an activating group) is 4. The van der Waals surface area contributed by atoms with Crippen molar-refractivity contribution in [3.05, 3.63) is 112 Å². The summed E-state index contributed by atoms with van der Waals surface area (Å²) in [5.74, 6) is -6.78. The van der Waals surface area contributed by atoms with Crippen LogP contribution in [0.3, 0.4) is 0 Å². The number of hydrogen-bond acceptors (Lipinski definition) is 15. The Balaban J connectivity index is 1.97. The van der Waals surface area contributed by atoms with Gasteiger partial charge in [0.25, 0.3) is 23.4 Å². The number of oxime groups is 1. The lowest BCUT2D eigenvalue weighted by atomic mass is 10.00. The molecular weight excluding hydrogens is 1020 g/mol. The van der Waals surface area contributed by atoms with Gasteiger partial charge >= 0.3 is 23.9 Å². The number of nitro benzene ring substituents is 1. The lowest BCUT2D eigenvalue weighted by Gasteiger charge is -2.36. The van der Waals surface area contributed by atoms with Crippen LogP contribution in [0, 0.1) is 33.8 Å². The summed E-state index contributed by atoms with van der Waals surface area (Å²) < 4.78 is 24.5. The van der Waals surface area contributed by atoms with Crippen LogP contribution in [0.25, 0.3) is 0 Å². The molecule has 0 saturated carbocycles. The van der Waals surface area contributed by atoms with Gasteiger partial charge in [-0.1, -0.05) is 133 Å². The molecule has 1 aliphatic heterocycles. The van der Waals surface area contributed by atoms with Gasteiger partial charge in [0, 0.05) is 47.1 Å². The lowest BCUT2D eigenvalue weighted by Crippen LogP contribution is -2.55. The van der Waals surface area contributed by atoms with E-state index in [0.29, 0.717) is 11.1 Å². The fraction of sp³-hybridized carbons (Fsp3) is 0.559. The maximum absolute atomic E-state index is 15.0. The molecule has 20 heteroatoms. The van der Waals surface area contributed by atoms with Gasteiger partial charge < -0.3 is 43.4 Å². The number of carbonyl (C=O) groups is 7. The monoisotopic (exact) mass is 1100 g/mol. The number of esters is 4. The van der Waals surface area contributed by atoms with E-state index in [1.807, 2.05) is 55.4 Å². The molecule has 1 heterocycles. The molecule has 0 aromatic heterocycles. The largest absolute Gasteiger partial charge is 0.453 e. The normalized spacial score (nSPS) is 23.7. The SMILES string of the molecule is CC(C)CC1C(=O)O[C@H](C)C(=O)N(C)[C@@H](CC(C)C)C(=O)O[C@H](Cc2ccccc2)C(=O)N(C)[C@@H](CC(C)C)C(=O)O[C@H](C)/C(=N\OCc2ccccc2[N+](=O)[O-])N(C)[C@@H](CC(C)C)C(=O)O[C@H](Cc2ccccc2)C(=O)N1C. The molecule has 0 N–H and O–H groups in total. The van der Waals surface area contributed by atoms with Crippen LogP contribution < -0.4 is 0 Å². The highest BCUT2D eigenvalue weighted by Gasteiger charge is 2.43. The van der Waals surface area contributed by atoms with Crippen LogP contribution in [-0.2, 0) is 76.8 Å². The zero-order valence-corrected chi connectivity index (χ0v) is 48.4. The second-order valence-electron chi connectivity index (χ2n) is 22.0. The molecule has 3 aromatic rings. The molecule has 20 nitrogen and oxygen atoms in total. The first-order chi connectivity index (χ1) is 37.2. The molecule has 4 rings (SSSR count). The number of cyclic esters (lactones) is 4. The Kier molecular flexibility index (Phi) is 24.4. The summed E-state index contributed by atoms with van der Waals surface area (Å²) in [6.45, 7) is 17.2. The molecule has 432 valence electrons. The smallest absolute Gasteiger partial charge is 0.329 e. The minimum Gasteiger partial charge on any atom is -0.453 e. The van der Waals surface area contributed by atoms with E-state index in [9.17, 15) is 43.7 Å². The Labute approximate surface area is 465 Å². The van der Waals surface area contributed by atoms with Crippen molar-refractivity contribution in [2.24, 2.45) is 28.8 Å². The number of ether oxygens (including phenoxy) is 4. The van der Waals surface area contributed by atoms with E-state index < -0.39 is 102 Å². The fourth-order valence-electron chi connectivity index (χ4n) is 9.26. The third-order valence-electron chi connectivity index (χ3n) is 13.6. The van der Waals surface area contributed by atoms with Crippen molar-refractivity contribution < 1.29 is 62.3 Å². The number of rotatable bonds is 16. The topological polar surface area (TPSA) is 234 Å². The summed E-state index contributed by atoms with van der Waals surface area (Å²) in [5.41, 5.74) is 1.19. The van der Waals surface area contributed by atoms with Gasteiger partial charge in [0.1, 0.15) is 30.8 Å². The second-order valence-corrected chi connectivity index (χ2v) is 22.0. The van der Waals surface area contributed by atoms with Gasteiger partial charge in [-0.3, -0.25) is 24.5 Å². The summed E-state index contributed by atoms with van der Waals surface area (Å²) in [7, 11) is 5.67. The molecule has 0 aliphatic carbocycles. The highest BCUT2D eigenvalue weighted by atomic mass is 16.6. The third kappa shape index (κ3) is 18.6. The number of amides is 3. The van der Waals surface area contributed by atoms with Crippen molar-refractivity contribution >= 4 is 53.1 Å². The average molecular weight is 1100 g/mol.